The minimum Gasteiger partial charge on any atom is -0.241 e. The van der Waals surface area contributed by atoms with Crippen molar-refractivity contribution in [3.8, 4) is 0 Å². The van der Waals surface area contributed by atoms with Crippen molar-refractivity contribution in [2.24, 2.45) is 0 Å². The predicted molar refractivity (Wildman–Crippen MR) is 85.1 cm³/mol. The molecule has 4 heteroatoms. The Morgan fingerprint density at radius 2 is 1.71 bits per heavy atom. The van der Waals surface area contributed by atoms with Crippen LogP contribution in [0.4, 0.5) is 0 Å². The summed E-state index contributed by atoms with van der Waals surface area (Å²) in [5, 5.41) is 0.925. The van der Waals surface area contributed by atoms with Crippen LogP contribution in [-0.2, 0) is 16.4 Å². The van der Waals surface area contributed by atoms with E-state index >= 15 is 0 Å². The van der Waals surface area contributed by atoms with Crippen molar-refractivity contribution >= 4 is 20.9 Å². The maximum absolute atomic E-state index is 12.8. The number of benzene rings is 2. The Balaban J connectivity index is 2.17. The van der Waals surface area contributed by atoms with Crippen molar-refractivity contribution in [3.63, 3.8) is 0 Å². The van der Waals surface area contributed by atoms with Crippen LogP contribution in [-0.4, -0.2) is 12.4 Å². The number of nitrogens with zero attached hydrogens (tertiary/aromatic N) is 1. The molecular weight excluding hydrogens is 282 g/mol. The summed E-state index contributed by atoms with van der Waals surface area (Å²) < 4.78 is 26.9. The van der Waals surface area contributed by atoms with Crippen molar-refractivity contribution in [1.29, 1.82) is 0 Å². The Kier molecular flexibility index (Phi) is 3.33. The van der Waals surface area contributed by atoms with Gasteiger partial charge in [0.15, 0.2) is 0 Å². The summed E-state index contributed by atoms with van der Waals surface area (Å²) in [4.78, 5) is 0.318. The molecule has 0 saturated carbocycles. The number of aromatic nitrogens is 1. The zero-order chi connectivity index (χ0) is 15.0. The molecule has 3 aromatic rings. The first-order chi connectivity index (χ1) is 10.0. The van der Waals surface area contributed by atoms with Gasteiger partial charge in [-0.2, -0.15) is 0 Å². The van der Waals surface area contributed by atoms with Gasteiger partial charge in [0.05, 0.1) is 10.4 Å². The second-order valence-corrected chi connectivity index (χ2v) is 6.99. The van der Waals surface area contributed by atoms with Crippen molar-refractivity contribution in [3.05, 3.63) is 65.9 Å². The van der Waals surface area contributed by atoms with Gasteiger partial charge in [-0.15, -0.1) is 0 Å². The fourth-order valence-corrected chi connectivity index (χ4v) is 3.78. The highest BCUT2D eigenvalue weighted by atomic mass is 32.2. The molecule has 0 N–H and O–H groups in total. The number of fused-ring (bicyclic) bond motifs is 1. The lowest BCUT2D eigenvalue weighted by Gasteiger charge is -2.08. The van der Waals surface area contributed by atoms with Crippen LogP contribution < -0.4 is 0 Å². The molecule has 1 aromatic heterocycles. The Labute approximate surface area is 124 Å². The first-order valence-corrected chi connectivity index (χ1v) is 8.38. The molecule has 0 unspecified atom stereocenters. The van der Waals surface area contributed by atoms with Crippen LogP contribution >= 0.6 is 0 Å². The van der Waals surface area contributed by atoms with Gasteiger partial charge in [0.1, 0.15) is 0 Å². The van der Waals surface area contributed by atoms with Crippen LogP contribution in [0.15, 0.2) is 59.6 Å². The van der Waals surface area contributed by atoms with Crippen LogP contribution in [0, 0.1) is 6.92 Å². The molecule has 0 radical (unpaired) electrons. The van der Waals surface area contributed by atoms with Crippen molar-refractivity contribution in [2.75, 3.05) is 0 Å². The van der Waals surface area contributed by atoms with Gasteiger partial charge in [-0.25, -0.2) is 12.4 Å². The van der Waals surface area contributed by atoms with Crippen LogP contribution in [0.3, 0.4) is 0 Å². The highest BCUT2D eigenvalue weighted by Gasteiger charge is 2.18. The van der Waals surface area contributed by atoms with Crippen LogP contribution in [0.25, 0.3) is 10.9 Å². The standard InChI is InChI=1S/C17H17NO2S/c1-3-14-5-8-16(9-6-14)21(19,20)18-11-10-15-7-4-13(2)12-17(15)18/h4-12H,3H2,1-2H3. The van der Waals surface area contributed by atoms with E-state index in [2.05, 4.69) is 0 Å². The molecule has 0 saturated heterocycles. The molecule has 2 aromatic carbocycles. The number of hydrogen-bond acceptors (Lipinski definition) is 2. The van der Waals surface area contributed by atoms with Gasteiger partial charge >= 0.3 is 0 Å². The van der Waals surface area contributed by atoms with Gasteiger partial charge in [-0.1, -0.05) is 31.2 Å². The lowest BCUT2D eigenvalue weighted by atomic mass is 10.2. The van der Waals surface area contributed by atoms with Crippen molar-refractivity contribution in [2.45, 2.75) is 25.2 Å². The number of rotatable bonds is 3. The van der Waals surface area contributed by atoms with Crippen LogP contribution in [0.1, 0.15) is 18.1 Å². The third-order valence-electron chi connectivity index (χ3n) is 3.70. The molecule has 21 heavy (non-hydrogen) atoms. The van der Waals surface area contributed by atoms with E-state index in [1.165, 1.54) is 3.97 Å². The largest absolute Gasteiger partial charge is 0.268 e. The van der Waals surface area contributed by atoms with Gasteiger partial charge < -0.3 is 0 Å². The molecular formula is C17H17NO2S. The molecule has 0 aliphatic heterocycles. The summed E-state index contributed by atoms with van der Waals surface area (Å²) in [6, 6.07) is 14.7. The molecule has 0 amide bonds. The lowest BCUT2D eigenvalue weighted by Crippen LogP contribution is -2.11. The van der Waals surface area contributed by atoms with E-state index in [9.17, 15) is 8.42 Å². The number of aryl methyl sites for hydroxylation is 2. The lowest BCUT2D eigenvalue weighted by molar-refractivity contribution is 0.589. The minimum absolute atomic E-state index is 0.318. The maximum atomic E-state index is 12.8. The first-order valence-electron chi connectivity index (χ1n) is 6.94. The van der Waals surface area contributed by atoms with E-state index in [1.807, 2.05) is 50.2 Å². The quantitative estimate of drug-likeness (QED) is 0.739. The van der Waals surface area contributed by atoms with Crippen LogP contribution in [0.5, 0.6) is 0 Å². The molecule has 0 fully saturated rings. The molecule has 0 spiro atoms. The van der Waals surface area contributed by atoms with Crippen molar-refractivity contribution in [1.82, 2.24) is 3.97 Å². The fourth-order valence-electron chi connectivity index (χ4n) is 2.43. The first kappa shape index (κ1) is 13.9. The zero-order valence-corrected chi connectivity index (χ0v) is 12.9. The highest BCUT2D eigenvalue weighted by Crippen LogP contribution is 2.23. The summed E-state index contributed by atoms with van der Waals surface area (Å²) in [5.41, 5.74) is 2.88. The molecule has 0 atom stereocenters. The molecule has 0 bridgehead atoms. The smallest absolute Gasteiger partial charge is 0.241 e. The van der Waals surface area contributed by atoms with Gasteiger partial charge in [-0.3, -0.25) is 0 Å². The van der Waals surface area contributed by atoms with Gasteiger partial charge in [0.25, 0.3) is 10.0 Å². The molecule has 0 aliphatic rings. The van der Waals surface area contributed by atoms with Crippen LogP contribution in [0.2, 0.25) is 0 Å². The molecule has 3 rings (SSSR count). The third kappa shape index (κ3) is 2.36. The van der Waals surface area contributed by atoms with Crippen molar-refractivity contribution < 1.29 is 8.42 Å². The monoisotopic (exact) mass is 299 g/mol. The van der Waals surface area contributed by atoms with E-state index < -0.39 is 10.0 Å². The second kappa shape index (κ2) is 5.04. The Morgan fingerprint density at radius 3 is 2.38 bits per heavy atom. The van der Waals surface area contributed by atoms with Gasteiger partial charge in [0.2, 0.25) is 0 Å². The van der Waals surface area contributed by atoms with E-state index in [0.29, 0.717) is 4.90 Å². The summed E-state index contributed by atoms with van der Waals surface area (Å²) in [6.07, 6.45) is 2.51. The van der Waals surface area contributed by atoms with E-state index in [4.69, 9.17) is 0 Å². The van der Waals surface area contributed by atoms with Gasteiger partial charge in [-0.05, 0) is 48.7 Å². The molecule has 0 aliphatic carbocycles. The summed E-state index contributed by atoms with van der Waals surface area (Å²) >= 11 is 0. The van der Waals surface area contributed by atoms with E-state index in [-0.39, 0.29) is 0 Å². The molecule has 108 valence electrons. The zero-order valence-electron chi connectivity index (χ0n) is 12.1. The SMILES string of the molecule is CCc1ccc(S(=O)(=O)n2ccc3ccc(C)cc32)cc1. The van der Waals surface area contributed by atoms with E-state index in [1.54, 1.807) is 18.3 Å². The average Bonchev–Trinajstić information content (AvgIpc) is 2.91. The summed E-state index contributed by atoms with van der Waals surface area (Å²) in [5.74, 6) is 0. The van der Waals surface area contributed by atoms with E-state index in [0.717, 1.165) is 28.5 Å². The topological polar surface area (TPSA) is 39.1 Å². The predicted octanol–water partition coefficient (Wildman–Crippen LogP) is 3.75. The fraction of sp³-hybridized carbons (Fsp3) is 0.176. The molecule has 1 heterocycles. The Bertz CT molecular complexity index is 890. The highest BCUT2D eigenvalue weighted by molar-refractivity contribution is 7.90. The Morgan fingerprint density at radius 1 is 1.00 bits per heavy atom. The normalized spacial score (nSPS) is 11.9. The second-order valence-electron chi connectivity index (χ2n) is 5.18. The number of hydrogen-bond donors (Lipinski definition) is 0. The summed E-state index contributed by atoms with van der Waals surface area (Å²) in [7, 11) is -3.55. The minimum atomic E-state index is -3.55. The maximum Gasteiger partial charge on any atom is 0.268 e. The third-order valence-corrected chi connectivity index (χ3v) is 5.41. The molecule has 3 nitrogen and oxygen atoms in total. The average molecular weight is 299 g/mol. The van der Waals surface area contributed by atoms with Gasteiger partial charge in [0, 0.05) is 11.6 Å². The Hall–Kier alpha value is -2.07. The summed E-state index contributed by atoms with van der Waals surface area (Å²) in [6.45, 7) is 4.01.